The second-order valence-corrected chi connectivity index (χ2v) is 3.46. The molecule has 1 atom stereocenters. The van der Waals surface area contributed by atoms with Gasteiger partial charge in [-0.05, 0) is 36.8 Å². The van der Waals surface area contributed by atoms with Crippen LogP contribution in [0.15, 0.2) is 29.2 Å². The van der Waals surface area contributed by atoms with E-state index in [2.05, 4.69) is 5.32 Å². The third kappa shape index (κ3) is 4.48. The van der Waals surface area contributed by atoms with Gasteiger partial charge in [0.05, 0.1) is 0 Å². The van der Waals surface area contributed by atoms with E-state index in [9.17, 15) is 8.76 Å². The summed E-state index contributed by atoms with van der Waals surface area (Å²) >= 11 is -2.17. The molecule has 0 bridgehead atoms. The SMILES string of the molecule is CNC.NCc1ccccc1S(=O)[O-]. The van der Waals surface area contributed by atoms with Gasteiger partial charge in [-0.25, -0.2) is 0 Å². The fraction of sp³-hybridized carbons (Fsp3) is 0.333. The van der Waals surface area contributed by atoms with Crippen molar-refractivity contribution in [2.75, 3.05) is 14.1 Å². The summed E-state index contributed by atoms with van der Waals surface area (Å²) in [5, 5.41) is 2.75. The predicted octanol–water partition coefficient (Wildman–Crippen LogP) is 0.219. The van der Waals surface area contributed by atoms with E-state index in [0.29, 0.717) is 5.56 Å². The smallest absolute Gasteiger partial charge is 0.0293 e. The predicted molar refractivity (Wildman–Crippen MR) is 56.5 cm³/mol. The number of benzene rings is 1. The van der Waals surface area contributed by atoms with Crippen LogP contribution in [0.2, 0.25) is 0 Å². The molecular weight excluding hydrogens is 200 g/mol. The molecule has 1 unspecified atom stereocenters. The molecule has 0 aliphatic heterocycles. The molecule has 0 aliphatic rings. The fourth-order valence-corrected chi connectivity index (χ4v) is 1.39. The van der Waals surface area contributed by atoms with Crippen LogP contribution in [0.5, 0.6) is 0 Å². The van der Waals surface area contributed by atoms with E-state index >= 15 is 0 Å². The number of hydrogen-bond acceptors (Lipinski definition) is 4. The van der Waals surface area contributed by atoms with Crippen molar-refractivity contribution < 1.29 is 8.76 Å². The normalized spacial score (nSPS) is 11.4. The number of nitrogens with one attached hydrogen (secondary N) is 1. The molecule has 0 saturated heterocycles. The topological polar surface area (TPSA) is 78.2 Å². The number of rotatable bonds is 2. The van der Waals surface area contributed by atoms with E-state index in [1.807, 2.05) is 14.1 Å². The Kier molecular flexibility index (Phi) is 7.23. The van der Waals surface area contributed by atoms with Crippen LogP contribution < -0.4 is 11.1 Å². The van der Waals surface area contributed by atoms with Crippen LogP contribution in [-0.4, -0.2) is 22.9 Å². The zero-order valence-electron chi connectivity index (χ0n) is 8.32. The summed E-state index contributed by atoms with van der Waals surface area (Å²) in [6, 6.07) is 6.67. The van der Waals surface area contributed by atoms with Crippen LogP contribution in [0, 0.1) is 0 Å². The van der Waals surface area contributed by atoms with Crippen LogP contribution >= 0.6 is 0 Å². The van der Waals surface area contributed by atoms with Gasteiger partial charge in [-0.15, -0.1) is 0 Å². The maximum absolute atomic E-state index is 10.5. The Morgan fingerprint density at radius 1 is 1.43 bits per heavy atom. The van der Waals surface area contributed by atoms with Gasteiger partial charge in [0, 0.05) is 11.4 Å². The summed E-state index contributed by atoms with van der Waals surface area (Å²) in [5.41, 5.74) is 5.97. The van der Waals surface area contributed by atoms with E-state index in [0.717, 1.165) is 0 Å². The van der Waals surface area contributed by atoms with Crippen LogP contribution in [0.4, 0.5) is 0 Å². The summed E-state index contributed by atoms with van der Waals surface area (Å²) in [6.45, 7) is 0.254. The standard InChI is InChI=1S/C7H9NO2S.C2H7N/c8-5-6-3-1-2-4-7(6)11(9)10;1-3-2/h1-4H,5,8H2,(H,9,10);3H,1-2H3/p-1. The van der Waals surface area contributed by atoms with Gasteiger partial charge in [0.1, 0.15) is 0 Å². The molecule has 0 saturated carbocycles. The van der Waals surface area contributed by atoms with Crippen molar-refractivity contribution in [1.29, 1.82) is 0 Å². The third-order valence-corrected chi connectivity index (χ3v) is 2.13. The summed E-state index contributed by atoms with van der Waals surface area (Å²) in [5.74, 6) is 0. The minimum Gasteiger partial charge on any atom is -0.768 e. The number of hydrogen-bond donors (Lipinski definition) is 2. The maximum Gasteiger partial charge on any atom is 0.0293 e. The molecule has 0 radical (unpaired) electrons. The molecule has 1 aromatic rings. The lowest BCUT2D eigenvalue weighted by atomic mass is 10.2. The van der Waals surface area contributed by atoms with Gasteiger partial charge in [-0.1, -0.05) is 18.2 Å². The highest BCUT2D eigenvalue weighted by molar-refractivity contribution is 7.79. The largest absolute Gasteiger partial charge is 0.768 e. The van der Waals surface area contributed by atoms with Gasteiger partial charge >= 0.3 is 0 Å². The van der Waals surface area contributed by atoms with Gasteiger partial charge in [0.2, 0.25) is 0 Å². The summed E-state index contributed by atoms with van der Waals surface area (Å²) in [6.07, 6.45) is 0. The second-order valence-electron chi connectivity index (χ2n) is 2.55. The van der Waals surface area contributed by atoms with E-state index in [1.165, 1.54) is 6.07 Å². The summed E-state index contributed by atoms with van der Waals surface area (Å²) in [4.78, 5) is 0.287. The van der Waals surface area contributed by atoms with Crippen molar-refractivity contribution in [3.63, 3.8) is 0 Å². The van der Waals surface area contributed by atoms with Gasteiger partial charge in [0.25, 0.3) is 0 Å². The first kappa shape index (κ1) is 13.2. The molecule has 5 heteroatoms. The first-order valence-electron chi connectivity index (χ1n) is 4.13. The Hall–Kier alpha value is -0.750. The van der Waals surface area contributed by atoms with Crippen molar-refractivity contribution in [3.8, 4) is 0 Å². The minimum atomic E-state index is -2.17. The average molecular weight is 215 g/mol. The minimum absolute atomic E-state index is 0.254. The zero-order chi connectivity index (χ0) is 11.0. The molecule has 0 heterocycles. The molecule has 0 fully saturated rings. The lowest BCUT2D eigenvalue weighted by molar-refractivity contribution is 0.536. The van der Waals surface area contributed by atoms with Crippen molar-refractivity contribution in [2.45, 2.75) is 11.4 Å². The van der Waals surface area contributed by atoms with Crippen molar-refractivity contribution >= 4 is 11.1 Å². The first-order valence-corrected chi connectivity index (χ1v) is 5.20. The molecule has 0 aromatic heterocycles. The van der Waals surface area contributed by atoms with E-state index in [4.69, 9.17) is 5.73 Å². The van der Waals surface area contributed by atoms with Gasteiger partial charge in [0.15, 0.2) is 0 Å². The molecular formula is C9H15N2O2S-. The molecule has 0 spiro atoms. The van der Waals surface area contributed by atoms with Gasteiger partial charge in [-0.2, -0.15) is 0 Å². The molecule has 14 heavy (non-hydrogen) atoms. The fourth-order valence-electron chi connectivity index (χ4n) is 0.835. The Morgan fingerprint density at radius 2 is 1.93 bits per heavy atom. The van der Waals surface area contributed by atoms with Crippen LogP contribution in [0.1, 0.15) is 5.56 Å². The monoisotopic (exact) mass is 215 g/mol. The van der Waals surface area contributed by atoms with Crippen molar-refractivity contribution in [2.24, 2.45) is 5.73 Å². The van der Waals surface area contributed by atoms with E-state index in [-0.39, 0.29) is 11.4 Å². The van der Waals surface area contributed by atoms with Crippen molar-refractivity contribution in [3.05, 3.63) is 29.8 Å². The summed E-state index contributed by atoms with van der Waals surface area (Å²) < 4.78 is 21.1. The van der Waals surface area contributed by atoms with Crippen LogP contribution in [0.3, 0.4) is 0 Å². The van der Waals surface area contributed by atoms with Crippen LogP contribution in [0.25, 0.3) is 0 Å². The van der Waals surface area contributed by atoms with Crippen molar-refractivity contribution in [1.82, 2.24) is 5.32 Å². The lowest BCUT2D eigenvalue weighted by Gasteiger charge is -2.08. The third-order valence-electron chi connectivity index (χ3n) is 1.37. The van der Waals surface area contributed by atoms with Crippen LogP contribution in [-0.2, 0) is 17.6 Å². The average Bonchev–Trinajstić information content (AvgIpc) is 2.19. The highest BCUT2D eigenvalue weighted by atomic mass is 32.2. The first-order chi connectivity index (χ1) is 6.67. The highest BCUT2D eigenvalue weighted by Gasteiger charge is 1.97. The Bertz CT molecular complexity index is 292. The van der Waals surface area contributed by atoms with Gasteiger partial charge < -0.3 is 15.6 Å². The Labute approximate surface area is 86.8 Å². The zero-order valence-corrected chi connectivity index (χ0v) is 9.14. The second kappa shape index (κ2) is 7.64. The maximum atomic E-state index is 10.5. The molecule has 3 N–H and O–H groups in total. The lowest BCUT2D eigenvalue weighted by Crippen LogP contribution is -2.02. The summed E-state index contributed by atoms with van der Waals surface area (Å²) in [7, 11) is 3.75. The molecule has 0 aliphatic carbocycles. The van der Waals surface area contributed by atoms with E-state index < -0.39 is 11.1 Å². The quantitative estimate of drug-likeness (QED) is 0.692. The molecule has 1 aromatic carbocycles. The molecule has 0 amide bonds. The molecule has 80 valence electrons. The molecule has 4 nitrogen and oxygen atoms in total. The number of nitrogens with two attached hydrogens (primary N) is 1. The van der Waals surface area contributed by atoms with E-state index in [1.54, 1.807) is 18.2 Å². The molecule has 1 rings (SSSR count). The Morgan fingerprint density at radius 3 is 2.29 bits per heavy atom. The highest BCUT2D eigenvalue weighted by Crippen LogP contribution is 2.10. The van der Waals surface area contributed by atoms with Gasteiger partial charge in [-0.3, -0.25) is 4.21 Å². The Balaban J connectivity index is 0.000000500.